The highest BCUT2D eigenvalue weighted by molar-refractivity contribution is 6.08. The van der Waals surface area contributed by atoms with Crippen molar-refractivity contribution in [2.24, 2.45) is 0 Å². The number of carbonyl (C=O) groups excluding carboxylic acids is 4. The lowest BCUT2D eigenvalue weighted by Crippen LogP contribution is -2.41. The van der Waals surface area contributed by atoms with Crippen molar-refractivity contribution in [1.29, 1.82) is 0 Å². The van der Waals surface area contributed by atoms with Gasteiger partial charge in [-0.25, -0.2) is 4.79 Å². The van der Waals surface area contributed by atoms with E-state index in [-0.39, 0.29) is 11.4 Å². The number of carbonyl (C=O) groups is 4. The number of hydrogen-bond donors (Lipinski definition) is 2. The third-order valence-electron chi connectivity index (χ3n) is 4.93. The van der Waals surface area contributed by atoms with E-state index >= 15 is 0 Å². The number of ether oxygens (including phenoxy) is 1. The second kappa shape index (κ2) is 9.07. The van der Waals surface area contributed by atoms with Crippen molar-refractivity contribution in [3.63, 3.8) is 0 Å². The van der Waals surface area contributed by atoms with Crippen molar-refractivity contribution in [2.75, 3.05) is 11.9 Å². The molecule has 0 bridgehead atoms. The maximum absolute atomic E-state index is 13.0. The summed E-state index contributed by atoms with van der Waals surface area (Å²) in [6.45, 7) is 3.96. The van der Waals surface area contributed by atoms with Gasteiger partial charge in [0.2, 0.25) is 6.10 Å². The Bertz CT molecular complexity index is 1130. The Balaban J connectivity index is 1.82. The fraction of sp³-hybridized carbons (Fsp3) is 0.273. The van der Waals surface area contributed by atoms with Gasteiger partial charge in [0.05, 0.1) is 4.92 Å². The number of nitro benzene ring substituents is 1. The fourth-order valence-electron chi connectivity index (χ4n) is 3.26. The summed E-state index contributed by atoms with van der Waals surface area (Å²) in [4.78, 5) is 61.4. The highest BCUT2D eigenvalue weighted by atomic mass is 16.6. The summed E-state index contributed by atoms with van der Waals surface area (Å²) in [6, 6.07) is 11.5. The quantitative estimate of drug-likeness (QED) is 0.282. The normalized spacial score (nSPS) is 15.5. The maximum Gasteiger partial charge on any atom is 0.327 e. The van der Waals surface area contributed by atoms with Crippen LogP contribution in [0.1, 0.15) is 31.1 Å². The summed E-state index contributed by atoms with van der Waals surface area (Å²) in [7, 11) is 0. The number of hydrogen-bond acceptors (Lipinski definition) is 7. The molecule has 0 aliphatic carbocycles. The highest BCUT2D eigenvalue weighted by Crippen LogP contribution is 2.28. The maximum atomic E-state index is 13.0. The second-order valence-electron chi connectivity index (χ2n) is 7.99. The molecular formula is C22H22N4O7. The lowest BCUT2D eigenvalue weighted by Gasteiger charge is -2.20. The van der Waals surface area contributed by atoms with E-state index in [0.717, 1.165) is 0 Å². The molecule has 0 aromatic heterocycles. The summed E-state index contributed by atoms with van der Waals surface area (Å²) in [6.07, 6.45) is -1.48. The van der Waals surface area contributed by atoms with Crippen LogP contribution >= 0.6 is 0 Å². The van der Waals surface area contributed by atoms with Crippen molar-refractivity contribution >= 4 is 35.2 Å². The van der Waals surface area contributed by atoms with Gasteiger partial charge in [-0.15, -0.1) is 0 Å². The Morgan fingerprint density at radius 3 is 2.42 bits per heavy atom. The predicted molar refractivity (Wildman–Crippen MR) is 116 cm³/mol. The summed E-state index contributed by atoms with van der Waals surface area (Å²) in [5.41, 5.74) is -0.623. The fourth-order valence-corrected chi connectivity index (χ4v) is 3.26. The van der Waals surface area contributed by atoms with Gasteiger partial charge in [-0.2, -0.15) is 0 Å². The van der Waals surface area contributed by atoms with E-state index in [9.17, 15) is 29.3 Å². The van der Waals surface area contributed by atoms with Gasteiger partial charge in [-0.05, 0) is 32.4 Å². The van der Waals surface area contributed by atoms with E-state index in [4.69, 9.17) is 4.74 Å². The first kappa shape index (κ1) is 23.4. The van der Waals surface area contributed by atoms with Crippen molar-refractivity contribution in [3.05, 3.63) is 69.8 Å². The van der Waals surface area contributed by atoms with Gasteiger partial charge in [-0.3, -0.25) is 29.4 Å². The van der Waals surface area contributed by atoms with Crippen LogP contribution in [-0.2, 0) is 19.1 Å². The predicted octanol–water partition coefficient (Wildman–Crippen LogP) is 2.46. The van der Waals surface area contributed by atoms with Gasteiger partial charge in [0.15, 0.2) is 0 Å². The molecule has 4 amide bonds. The average Bonchev–Trinajstić information content (AvgIpc) is 2.95. The number of amides is 4. The SMILES string of the molecule is Cc1ccc(NC(=O)C(OC(=O)CN2C(=O)NC(C)(C)C2=O)c2ccccc2)c([N+](=O)[O-])c1. The Morgan fingerprint density at radius 1 is 1.18 bits per heavy atom. The summed E-state index contributed by atoms with van der Waals surface area (Å²) in [5.74, 6) is -2.45. The number of imide groups is 1. The molecular weight excluding hydrogens is 432 g/mol. The van der Waals surface area contributed by atoms with Crippen LogP contribution in [0.15, 0.2) is 48.5 Å². The molecule has 1 fully saturated rings. The molecule has 1 aliphatic rings. The minimum Gasteiger partial charge on any atom is -0.446 e. The molecule has 1 unspecified atom stereocenters. The molecule has 2 aromatic rings. The van der Waals surface area contributed by atoms with Crippen LogP contribution < -0.4 is 10.6 Å². The van der Waals surface area contributed by atoms with Crippen molar-refractivity contribution < 1.29 is 28.8 Å². The highest BCUT2D eigenvalue weighted by Gasteiger charge is 2.45. The average molecular weight is 454 g/mol. The number of nitro groups is 1. The van der Waals surface area contributed by atoms with Crippen LogP contribution in [0.2, 0.25) is 0 Å². The largest absolute Gasteiger partial charge is 0.446 e. The van der Waals surface area contributed by atoms with E-state index in [1.807, 2.05) is 0 Å². The number of anilines is 1. The molecule has 1 saturated heterocycles. The van der Waals surface area contributed by atoms with Gasteiger partial charge in [0.25, 0.3) is 17.5 Å². The van der Waals surface area contributed by atoms with Crippen molar-refractivity contribution in [3.8, 4) is 0 Å². The smallest absolute Gasteiger partial charge is 0.327 e. The van der Waals surface area contributed by atoms with E-state index in [0.29, 0.717) is 16.0 Å². The molecule has 2 N–H and O–H groups in total. The van der Waals surface area contributed by atoms with Gasteiger partial charge in [-0.1, -0.05) is 36.4 Å². The molecule has 172 valence electrons. The third kappa shape index (κ3) is 5.14. The Kier molecular flexibility index (Phi) is 6.43. The zero-order valence-electron chi connectivity index (χ0n) is 18.2. The summed E-state index contributed by atoms with van der Waals surface area (Å²) < 4.78 is 5.33. The Morgan fingerprint density at radius 2 is 1.85 bits per heavy atom. The van der Waals surface area contributed by atoms with Crippen LogP contribution in [0, 0.1) is 17.0 Å². The molecule has 11 nitrogen and oxygen atoms in total. The molecule has 0 spiro atoms. The van der Waals surface area contributed by atoms with Crippen LogP contribution in [0.5, 0.6) is 0 Å². The number of rotatable bonds is 7. The summed E-state index contributed by atoms with van der Waals surface area (Å²) in [5, 5.41) is 16.3. The van der Waals surface area contributed by atoms with E-state index in [1.165, 1.54) is 38.1 Å². The number of esters is 1. The van der Waals surface area contributed by atoms with E-state index < -0.39 is 46.9 Å². The van der Waals surface area contributed by atoms with Crippen LogP contribution in [0.3, 0.4) is 0 Å². The van der Waals surface area contributed by atoms with Crippen LogP contribution in [0.25, 0.3) is 0 Å². The number of urea groups is 1. The van der Waals surface area contributed by atoms with Crippen LogP contribution in [0.4, 0.5) is 16.2 Å². The Labute approximate surface area is 188 Å². The van der Waals surface area contributed by atoms with Gasteiger partial charge in [0.1, 0.15) is 17.8 Å². The Hall–Kier alpha value is -4.28. The van der Waals surface area contributed by atoms with Crippen molar-refractivity contribution in [1.82, 2.24) is 10.2 Å². The van der Waals surface area contributed by atoms with Gasteiger partial charge < -0.3 is 15.4 Å². The lowest BCUT2D eigenvalue weighted by atomic mass is 10.1. The monoisotopic (exact) mass is 454 g/mol. The lowest BCUT2D eigenvalue weighted by molar-refractivity contribution is -0.384. The van der Waals surface area contributed by atoms with E-state index in [1.54, 1.807) is 31.2 Å². The van der Waals surface area contributed by atoms with Crippen LogP contribution in [-0.4, -0.2) is 45.7 Å². The first-order valence-electron chi connectivity index (χ1n) is 9.94. The zero-order valence-corrected chi connectivity index (χ0v) is 18.2. The summed E-state index contributed by atoms with van der Waals surface area (Å²) >= 11 is 0. The van der Waals surface area contributed by atoms with Gasteiger partial charge in [0, 0.05) is 11.6 Å². The molecule has 0 saturated carbocycles. The molecule has 2 aromatic carbocycles. The van der Waals surface area contributed by atoms with Gasteiger partial charge >= 0.3 is 12.0 Å². The molecule has 11 heteroatoms. The molecule has 33 heavy (non-hydrogen) atoms. The molecule has 1 heterocycles. The second-order valence-corrected chi connectivity index (χ2v) is 7.99. The number of benzene rings is 2. The minimum absolute atomic E-state index is 0.0663. The third-order valence-corrected chi connectivity index (χ3v) is 4.93. The number of nitrogens with zero attached hydrogens (tertiary/aromatic N) is 2. The minimum atomic E-state index is -1.48. The molecule has 1 atom stereocenters. The molecule has 3 rings (SSSR count). The van der Waals surface area contributed by atoms with E-state index in [2.05, 4.69) is 10.6 Å². The van der Waals surface area contributed by atoms with Crippen molar-refractivity contribution in [2.45, 2.75) is 32.4 Å². The molecule has 1 aliphatic heterocycles. The number of aryl methyl sites for hydroxylation is 1. The topological polar surface area (TPSA) is 148 Å². The standard InChI is InChI=1S/C22H22N4O7/c1-13-9-10-15(16(11-13)26(31)32)23-19(28)18(14-7-5-4-6-8-14)33-17(27)12-25-20(29)22(2,3)24-21(25)30/h4-11,18H,12H2,1-3H3,(H,23,28)(H,24,30). The first-order valence-corrected chi connectivity index (χ1v) is 9.94. The zero-order chi connectivity index (χ0) is 24.3. The first-order chi connectivity index (χ1) is 15.5. The molecule has 0 radical (unpaired) electrons. The number of nitrogens with one attached hydrogen (secondary N) is 2.